The van der Waals surface area contributed by atoms with Crippen molar-refractivity contribution >= 4 is 10.0 Å². The van der Waals surface area contributed by atoms with E-state index in [2.05, 4.69) is 10.1 Å². The quantitative estimate of drug-likeness (QED) is 0.629. The molecule has 28 heavy (non-hydrogen) atoms. The summed E-state index contributed by atoms with van der Waals surface area (Å²) < 4.78 is 35.5. The number of aromatic nitrogens is 4. The molecule has 9 heteroatoms. The Morgan fingerprint density at radius 2 is 2.04 bits per heavy atom. The molecular formula is C19H23N5O3S. The molecule has 1 fully saturated rings. The van der Waals surface area contributed by atoms with E-state index >= 15 is 0 Å². The zero-order chi connectivity index (χ0) is 19.7. The normalized spacial score (nSPS) is 20.1. The minimum absolute atomic E-state index is 0.0512. The lowest BCUT2D eigenvalue weighted by Gasteiger charge is -2.22. The van der Waals surface area contributed by atoms with Crippen LogP contribution in [0.5, 0.6) is 0 Å². The third-order valence-electron chi connectivity index (χ3n) is 5.04. The Morgan fingerprint density at radius 1 is 1.18 bits per heavy atom. The molecule has 1 aliphatic heterocycles. The van der Waals surface area contributed by atoms with E-state index in [0.29, 0.717) is 13.2 Å². The van der Waals surface area contributed by atoms with Gasteiger partial charge >= 0.3 is 0 Å². The highest BCUT2D eigenvalue weighted by molar-refractivity contribution is 7.89. The van der Waals surface area contributed by atoms with Crippen molar-refractivity contribution in [2.45, 2.75) is 6.04 Å². The number of rotatable bonds is 6. The topological polar surface area (TPSA) is 82.3 Å². The summed E-state index contributed by atoms with van der Waals surface area (Å²) in [6.45, 7) is 0.887. The van der Waals surface area contributed by atoms with Crippen molar-refractivity contribution < 1.29 is 13.2 Å². The standard InChI is InChI=1S/C19H23N5O3S/c1-22(2)28(25,26)14-16-12-27-13-18(16)23-10-8-20-19(23)15-5-3-6-17(11-15)24-9-4-7-21-24/h3-11,16,18H,12-14H2,1-2H3/t16-,18+/m0/s1. The molecule has 1 aliphatic rings. The fraction of sp³-hybridized carbons (Fsp3) is 0.368. The third kappa shape index (κ3) is 3.60. The summed E-state index contributed by atoms with van der Waals surface area (Å²) in [4.78, 5) is 4.54. The van der Waals surface area contributed by atoms with Gasteiger partial charge in [0.1, 0.15) is 5.82 Å². The van der Waals surface area contributed by atoms with E-state index in [4.69, 9.17) is 4.74 Å². The van der Waals surface area contributed by atoms with Crippen LogP contribution in [0, 0.1) is 5.92 Å². The highest BCUT2D eigenvalue weighted by Crippen LogP contribution is 2.32. The second-order valence-electron chi connectivity index (χ2n) is 7.08. The van der Waals surface area contributed by atoms with Crippen molar-refractivity contribution in [3.8, 4) is 17.1 Å². The SMILES string of the molecule is CN(C)S(=O)(=O)C[C@@H]1COC[C@H]1n1ccnc1-c1cccc(-n2cccn2)c1. The maximum absolute atomic E-state index is 12.4. The third-order valence-corrected chi connectivity index (χ3v) is 7.01. The van der Waals surface area contributed by atoms with Crippen LogP contribution in [0.2, 0.25) is 0 Å². The molecule has 0 aliphatic carbocycles. The summed E-state index contributed by atoms with van der Waals surface area (Å²) in [5.74, 6) is 0.710. The Hall–Kier alpha value is -2.49. The predicted octanol–water partition coefficient (Wildman–Crippen LogP) is 1.81. The van der Waals surface area contributed by atoms with Gasteiger partial charge < -0.3 is 9.30 Å². The maximum atomic E-state index is 12.4. The molecule has 8 nitrogen and oxygen atoms in total. The molecule has 0 spiro atoms. The number of nitrogens with zero attached hydrogens (tertiary/aromatic N) is 5. The average Bonchev–Trinajstić information content (AvgIpc) is 3.42. The van der Waals surface area contributed by atoms with Gasteiger partial charge in [-0.1, -0.05) is 12.1 Å². The van der Waals surface area contributed by atoms with E-state index in [0.717, 1.165) is 17.1 Å². The summed E-state index contributed by atoms with van der Waals surface area (Å²) in [6, 6.07) is 9.75. The van der Waals surface area contributed by atoms with Gasteiger partial charge in [0.05, 0.1) is 30.7 Å². The van der Waals surface area contributed by atoms with E-state index in [1.165, 1.54) is 4.31 Å². The molecule has 3 heterocycles. The van der Waals surface area contributed by atoms with Crippen molar-refractivity contribution in [1.82, 2.24) is 23.6 Å². The van der Waals surface area contributed by atoms with Crippen LogP contribution in [0.1, 0.15) is 6.04 Å². The van der Waals surface area contributed by atoms with Crippen molar-refractivity contribution in [3.63, 3.8) is 0 Å². The van der Waals surface area contributed by atoms with Gasteiger partial charge in [-0.05, 0) is 18.2 Å². The van der Waals surface area contributed by atoms with Gasteiger partial charge in [-0.15, -0.1) is 0 Å². The predicted molar refractivity (Wildman–Crippen MR) is 106 cm³/mol. The zero-order valence-electron chi connectivity index (χ0n) is 15.8. The minimum Gasteiger partial charge on any atom is -0.379 e. The molecule has 1 aromatic carbocycles. The molecule has 0 unspecified atom stereocenters. The van der Waals surface area contributed by atoms with Gasteiger partial charge in [0.2, 0.25) is 10.0 Å². The molecule has 0 saturated carbocycles. The lowest BCUT2D eigenvalue weighted by Crippen LogP contribution is -2.32. The highest BCUT2D eigenvalue weighted by atomic mass is 32.2. The molecule has 0 radical (unpaired) electrons. The summed E-state index contributed by atoms with van der Waals surface area (Å²) in [6.07, 6.45) is 7.26. The Morgan fingerprint density at radius 3 is 2.79 bits per heavy atom. The molecule has 148 valence electrons. The largest absolute Gasteiger partial charge is 0.379 e. The van der Waals surface area contributed by atoms with Crippen LogP contribution < -0.4 is 0 Å². The van der Waals surface area contributed by atoms with Gasteiger partial charge in [-0.3, -0.25) is 0 Å². The Labute approximate surface area is 164 Å². The summed E-state index contributed by atoms with van der Waals surface area (Å²) in [5, 5.41) is 4.28. The Balaban J connectivity index is 1.65. The lowest BCUT2D eigenvalue weighted by molar-refractivity contribution is 0.182. The summed E-state index contributed by atoms with van der Waals surface area (Å²) in [5.41, 5.74) is 1.88. The average molecular weight is 401 g/mol. The van der Waals surface area contributed by atoms with Gasteiger partial charge in [0.25, 0.3) is 0 Å². The van der Waals surface area contributed by atoms with Crippen LogP contribution in [0.3, 0.4) is 0 Å². The van der Waals surface area contributed by atoms with Gasteiger partial charge in [0, 0.05) is 50.4 Å². The first kappa shape index (κ1) is 18.9. The van der Waals surface area contributed by atoms with Crippen molar-refractivity contribution in [2.24, 2.45) is 5.92 Å². The number of hydrogen-bond donors (Lipinski definition) is 0. The van der Waals surface area contributed by atoms with E-state index in [-0.39, 0.29) is 17.7 Å². The first-order valence-electron chi connectivity index (χ1n) is 9.07. The molecule has 2 aromatic heterocycles. The first-order chi connectivity index (χ1) is 13.5. The van der Waals surface area contributed by atoms with E-state index < -0.39 is 10.0 Å². The number of hydrogen-bond acceptors (Lipinski definition) is 5. The van der Waals surface area contributed by atoms with Crippen LogP contribution in [-0.4, -0.2) is 65.1 Å². The molecule has 0 amide bonds. The lowest BCUT2D eigenvalue weighted by atomic mass is 10.1. The van der Waals surface area contributed by atoms with Gasteiger partial charge in [0.15, 0.2) is 0 Å². The number of sulfonamides is 1. The summed E-state index contributed by atoms with van der Waals surface area (Å²) >= 11 is 0. The van der Waals surface area contributed by atoms with Crippen molar-refractivity contribution in [2.75, 3.05) is 33.1 Å². The Kier molecular flexibility index (Phi) is 5.05. The van der Waals surface area contributed by atoms with E-state index in [1.807, 2.05) is 47.3 Å². The van der Waals surface area contributed by atoms with E-state index in [9.17, 15) is 8.42 Å². The van der Waals surface area contributed by atoms with Crippen LogP contribution in [0.25, 0.3) is 17.1 Å². The van der Waals surface area contributed by atoms with Gasteiger partial charge in [-0.2, -0.15) is 5.10 Å². The highest BCUT2D eigenvalue weighted by Gasteiger charge is 2.35. The monoisotopic (exact) mass is 401 g/mol. The molecule has 0 N–H and O–H groups in total. The number of imidazole rings is 1. The van der Waals surface area contributed by atoms with Crippen LogP contribution in [-0.2, 0) is 14.8 Å². The number of ether oxygens (including phenoxy) is 1. The van der Waals surface area contributed by atoms with Crippen LogP contribution in [0.15, 0.2) is 55.1 Å². The van der Waals surface area contributed by atoms with E-state index in [1.54, 1.807) is 31.2 Å². The molecule has 1 saturated heterocycles. The van der Waals surface area contributed by atoms with Crippen LogP contribution >= 0.6 is 0 Å². The Bertz CT molecular complexity index is 1040. The fourth-order valence-corrected chi connectivity index (χ4v) is 4.64. The van der Waals surface area contributed by atoms with Crippen molar-refractivity contribution in [3.05, 3.63) is 55.1 Å². The number of benzene rings is 1. The van der Waals surface area contributed by atoms with Gasteiger partial charge in [-0.25, -0.2) is 22.4 Å². The summed E-state index contributed by atoms with van der Waals surface area (Å²) in [7, 11) is -0.193. The zero-order valence-corrected chi connectivity index (χ0v) is 16.7. The second-order valence-corrected chi connectivity index (χ2v) is 9.31. The molecular weight excluding hydrogens is 378 g/mol. The smallest absolute Gasteiger partial charge is 0.214 e. The molecule has 2 atom stereocenters. The minimum atomic E-state index is -3.31. The second kappa shape index (κ2) is 7.50. The molecule has 3 aromatic rings. The molecule has 0 bridgehead atoms. The van der Waals surface area contributed by atoms with Crippen molar-refractivity contribution in [1.29, 1.82) is 0 Å². The maximum Gasteiger partial charge on any atom is 0.214 e. The first-order valence-corrected chi connectivity index (χ1v) is 10.7. The fourth-order valence-electron chi connectivity index (χ4n) is 3.49. The molecule has 4 rings (SSSR count). The van der Waals surface area contributed by atoms with Crippen LogP contribution in [0.4, 0.5) is 0 Å².